The average molecular weight is 227 g/mol. The molecule has 1 rings (SSSR count). The third-order valence-corrected chi connectivity index (χ3v) is 2.51. The van der Waals surface area contributed by atoms with Gasteiger partial charge in [-0.15, -0.1) is 0 Å². The first-order valence-electron chi connectivity index (χ1n) is 5.93. The van der Waals surface area contributed by atoms with Crippen molar-refractivity contribution in [1.29, 1.82) is 0 Å². The Hall–Kier alpha value is -1.10. The summed E-state index contributed by atoms with van der Waals surface area (Å²) in [6.07, 6.45) is 4.16. The normalized spacial score (nSPS) is 14.6. The summed E-state index contributed by atoms with van der Waals surface area (Å²) in [5.41, 5.74) is 0. The van der Waals surface area contributed by atoms with E-state index in [2.05, 4.69) is 16.0 Å². The van der Waals surface area contributed by atoms with Gasteiger partial charge in [0.15, 0.2) is 0 Å². The van der Waals surface area contributed by atoms with Gasteiger partial charge in [-0.2, -0.15) is 0 Å². The lowest BCUT2D eigenvalue weighted by molar-refractivity contribution is -0.122. The van der Waals surface area contributed by atoms with Crippen molar-refractivity contribution in [2.24, 2.45) is 0 Å². The van der Waals surface area contributed by atoms with Crippen LogP contribution in [0.2, 0.25) is 0 Å². The third-order valence-electron chi connectivity index (χ3n) is 2.51. The zero-order chi connectivity index (χ0) is 11.8. The maximum Gasteiger partial charge on any atom is 0.221 e. The van der Waals surface area contributed by atoms with Gasteiger partial charge in [0.2, 0.25) is 11.8 Å². The van der Waals surface area contributed by atoms with Crippen molar-refractivity contribution in [2.45, 2.75) is 38.1 Å². The second-order valence-corrected chi connectivity index (χ2v) is 4.12. The van der Waals surface area contributed by atoms with E-state index in [1.54, 1.807) is 7.05 Å². The topological polar surface area (TPSA) is 70.2 Å². The molecule has 1 aliphatic carbocycles. The van der Waals surface area contributed by atoms with Crippen molar-refractivity contribution in [3.63, 3.8) is 0 Å². The molecule has 1 fully saturated rings. The Bertz CT molecular complexity index is 239. The number of rotatable bonds is 8. The molecule has 2 amide bonds. The second-order valence-electron chi connectivity index (χ2n) is 4.12. The molecule has 1 aliphatic rings. The fourth-order valence-electron chi connectivity index (χ4n) is 1.35. The minimum Gasteiger partial charge on any atom is -0.359 e. The molecule has 92 valence electrons. The lowest BCUT2D eigenvalue weighted by Crippen LogP contribution is -2.28. The maximum absolute atomic E-state index is 11.3. The predicted octanol–water partition coefficient (Wildman–Crippen LogP) is -0.229. The van der Waals surface area contributed by atoms with Gasteiger partial charge in [0.05, 0.1) is 0 Å². The van der Waals surface area contributed by atoms with Crippen LogP contribution in [0.4, 0.5) is 0 Å². The van der Waals surface area contributed by atoms with Crippen molar-refractivity contribution < 1.29 is 9.59 Å². The minimum absolute atomic E-state index is 0.0407. The highest BCUT2D eigenvalue weighted by molar-refractivity contribution is 5.76. The maximum atomic E-state index is 11.3. The molecule has 3 N–H and O–H groups in total. The zero-order valence-electron chi connectivity index (χ0n) is 9.84. The van der Waals surface area contributed by atoms with Crippen LogP contribution in [0.3, 0.4) is 0 Å². The Morgan fingerprint density at radius 3 is 2.50 bits per heavy atom. The fourth-order valence-corrected chi connectivity index (χ4v) is 1.35. The van der Waals surface area contributed by atoms with Crippen LogP contribution in [0.15, 0.2) is 0 Å². The van der Waals surface area contributed by atoms with Gasteiger partial charge in [-0.05, 0) is 25.8 Å². The first-order chi connectivity index (χ1) is 7.72. The zero-order valence-corrected chi connectivity index (χ0v) is 9.84. The molecule has 1 saturated carbocycles. The van der Waals surface area contributed by atoms with Crippen molar-refractivity contribution >= 4 is 11.8 Å². The van der Waals surface area contributed by atoms with Crippen LogP contribution in [-0.4, -0.2) is 38.0 Å². The number of nitrogens with one attached hydrogen (secondary N) is 3. The Labute approximate surface area is 96.4 Å². The van der Waals surface area contributed by atoms with Crippen molar-refractivity contribution in [3.8, 4) is 0 Å². The number of hydrogen-bond donors (Lipinski definition) is 3. The lowest BCUT2D eigenvalue weighted by atomic mass is 10.3. The molecule has 0 bridgehead atoms. The highest BCUT2D eigenvalue weighted by Crippen LogP contribution is 2.18. The van der Waals surface area contributed by atoms with E-state index in [0.717, 1.165) is 25.8 Å². The van der Waals surface area contributed by atoms with Crippen LogP contribution in [0.1, 0.15) is 32.1 Å². The summed E-state index contributed by atoms with van der Waals surface area (Å²) in [6, 6.07) is 0.453. The standard InChI is InChI=1S/C11H21N3O2/c1-12-10(15)6-8-13-7-2-3-11(16)14-9-4-5-9/h9,13H,2-8H2,1H3,(H,12,15)(H,14,16). The Balaban J connectivity index is 1.83. The van der Waals surface area contributed by atoms with Gasteiger partial charge in [-0.1, -0.05) is 0 Å². The Morgan fingerprint density at radius 1 is 1.12 bits per heavy atom. The van der Waals surface area contributed by atoms with Gasteiger partial charge in [0.25, 0.3) is 0 Å². The molecule has 0 spiro atoms. The summed E-state index contributed by atoms with van der Waals surface area (Å²) in [5.74, 6) is 0.189. The summed E-state index contributed by atoms with van der Waals surface area (Å²) < 4.78 is 0. The summed E-state index contributed by atoms with van der Waals surface area (Å²) in [4.78, 5) is 22.1. The van der Waals surface area contributed by atoms with Gasteiger partial charge in [0.1, 0.15) is 0 Å². The SMILES string of the molecule is CNC(=O)CCNCCCC(=O)NC1CC1. The third kappa shape index (κ3) is 6.40. The molecule has 0 aromatic rings. The van der Waals surface area contributed by atoms with E-state index < -0.39 is 0 Å². The quantitative estimate of drug-likeness (QED) is 0.502. The van der Waals surface area contributed by atoms with Gasteiger partial charge < -0.3 is 16.0 Å². The molecule has 0 aromatic heterocycles. The van der Waals surface area contributed by atoms with Crippen LogP contribution in [-0.2, 0) is 9.59 Å². The van der Waals surface area contributed by atoms with E-state index in [4.69, 9.17) is 0 Å². The molecular weight excluding hydrogens is 206 g/mol. The molecule has 0 radical (unpaired) electrons. The monoisotopic (exact) mass is 227 g/mol. The van der Waals surface area contributed by atoms with Crippen LogP contribution >= 0.6 is 0 Å². The first kappa shape index (κ1) is 13.0. The highest BCUT2D eigenvalue weighted by Gasteiger charge is 2.22. The van der Waals surface area contributed by atoms with Gasteiger partial charge in [0, 0.05) is 32.5 Å². The average Bonchev–Trinajstić information content (AvgIpc) is 3.06. The lowest BCUT2D eigenvalue weighted by Gasteiger charge is -2.05. The summed E-state index contributed by atoms with van der Waals surface area (Å²) in [5, 5.41) is 8.63. The molecule has 0 atom stereocenters. The van der Waals surface area contributed by atoms with Gasteiger partial charge >= 0.3 is 0 Å². The summed E-state index contributed by atoms with van der Waals surface area (Å²) in [7, 11) is 1.63. The molecule has 16 heavy (non-hydrogen) atoms. The second kappa shape index (κ2) is 7.22. The van der Waals surface area contributed by atoms with Crippen LogP contribution in [0.5, 0.6) is 0 Å². The van der Waals surface area contributed by atoms with E-state index in [1.165, 1.54) is 0 Å². The Morgan fingerprint density at radius 2 is 1.88 bits per heavy atom. The van der Waals surface area contributed by atoms with E-state index in [1.807, 2.05) is 0 Å². The molecule has 5 heteroatoms. The molecule has 0 unspecified atom stereocenters. The first-order valence-corrected chi connectivity index (χ1v) is 5.93. The molecule has 0 aliphatic heterocycles. The van der Waals surface area contributed by atoms with E-state index in [0.29, 0.717) is 25.4 Å². The predicted molar refractivity (Wildman–Crippen MR) is 62.0 cm³/mol. The van der Waals surface area contributed by atoms with Crippen molar-refractivity contribution in [1.82, 2.24) is 16.0 Å². The molecule has 0 aromatic carbocycles. The van der Waals surface area contributed by atoms with Gasteiger partial charge in [-0.25, -0.2) is 0 Å². The molecule has 0 saturated heterocycles. The number of hydrogen-bond acceptors (Lipinski definition) is 3. The van der Waals surface area contributed by atoms with E-state index in [-0.39, 0.29) is 11.8 Å². The van der Waals surface area contributed by atoms with E-state index in [9.17, 15) is 9.59 Å². The van der Waals surface area contributed by atoms with Crippen LogP contribution in [0.25, 0.3) is 0 Å². The highest BCUT2D eigenvalue weighted by atomic mass is 16.2. The Kier molecular flexibility index (Phi) is 5.85. The van der Waals surface area contributed by atoms with Crippen LogP contribution in [0, 0.1) is 0 Å². The molecule has 0 heterocycles. The number of carbonyl (C=O) groups excluding carboxylic acids is 2. The number of carbonyl (C=O) groups is 2. The molecule has 5 nitrogen and oxygen atoms in total. The minimum atomic E-state index is 0.0407. The molecular formula is C11H21N3O2. The van der Waals surface area contributed by atoms with Gasteiger partial charge in [-0.3, -0.25) is 9.59 Å². The summed E-state index contributed by atoms with van der Waals surface area (Å²) >= 11 is 0. The van der Waals surface area contributed by atoms with Crippen LogP contribution < -0.4 is 16.0 Å². The largest absolute Gasteiger partial charge is 0.359 e. The number of amides is 2. The smallest absolute Gasteiger partial charge is 0.221 e. The van der Waals surface area contributed by atoms with Crippen molar-refractivity contribution in [3.05, 3.63) is 0 Å². The van der Waals surface area contributed by atoms with Crippen molar-refractivity contribution in [2.75, 3.05) is 20.1 Å². The summed E-state index contributed by atoms with van der Waals surface area (Å²) in [6.45, 7) is 1.46. The van der Waals surface area contributed by atoms with E-state index >= 15 is 0 Å². The fraction of sp³-hybridized carbons (Fsp3) is 0.818.